The summed E-state index contributed by atoms with van der Waals surface area (Å²) < 4.78 is 16.0. The van der Waals surface area contributed by atoms with Crippen molar-refractivity contribution in [3.63, 3.8) is 0 Å². The van der Waals surface area contributed by atoms with Crippen LogP contribution in [0.4, 0.5) is 0 Å². The van der Waals surface area contributed by atoms with E-state index in [-0.39, 0.29) is 5.92 Å². The fourth-order valence-corrected chi connectivity index (χ4v) is 1.80. The molecule has 0 spiro atoms. The molecule has 0 saturated carbocycles. The first kappa shape index (κ1) is 13.2. The lowest BCUT2D eigenvalue weighted by atomic mass is 9.96. The smallest absolute Gasteiger partial charge is 0.203 e. The second-order valence-electron chi connectivity index (χ2n) is 3.73. The van der Waals surface area contributed by atoms with Gasteiger partial charge in [-0.15, -0.1) is 12.3 Å². The maximum atomic E-state index is 5.40. The molecule has 1 rings (SSSR count). The Hall–Kier alpha value is -1.82. The highest BCUT2D eigenvalue weighted by molar-refractivity contribution is 5.56. The summed E-state index contributed by atoms with van der Waals surface area (Å²) in [6, 6.07) is 3.83. The molecule has 0 aliphatic heterocycles. The second kappa shape index (κ2) is 6.05. The van der Waals surface area contributed by atoms with Gasteiger partial charge in [-0.25, -0.2) is 0 Å². The van der Waals surface area contributed by atoms with Crippen LogP contribution < -0.4 is 14.2 Å². The molecule has 0 bridgehead atoms. The van der Waals surface area contributed by atoms with Crippen LogP contribution >= 0.6 is 0 Å². The summed E-state index contributed by atoms with van der Waals surface area (Å²) in [6.07, 6.45) is 6.00. The van der Waals surface area contributed by atoms with Gasteiger partial charge in [0.25, 0.3) is 0 Å². The normalized spacial score (nSPS) is 11.5. The van der Waals surface area contributed by atoms with E-state index < -0.39 is 0 Å². The van der Waals surface area contributed by atoms with Crippen molar-refractivity contribution in [1.29, 1.82) is 0 Å². The van der Waals surface area contributed by atoms with Crippen LogP contribution in [-0.4, -0.2) is 21.3 Å². The lowest BCUT2D eigenvalue weighted by molar-refractivity contribution is 0.321. The summed E-state index contributed by atoms with van der Waals surface area (Å²) in [5.41, 5.74) is 1.03. The summed E-state index contributed by atoms with van der Waals surface area (Å²) in [7, 11) is 4.81. The van der Waals surface area contributed by atoms with Gasteiger partial charge in [-0.2, -0.15) is 0 Å². The summed E-state index contributed by atoms with van der Waals surface area (Å²) in [5.74, 6) is 4.82. The number of ether oxygens (including phenoxy) is 3. The third kappa shape index (κ3) is 2.65. The lowest BCUT2D eigenvalue weighted by Gasteiger charge is -2.18. The maximum Gasteiger partial charge on any atom is 0.203 e. The van der Waals surface area contributed by atoms with Gasteiger partial charge < -0.3 is 14.2 Å². The highest BCUT2D eigenvalue weighted by Crippen LogP contribution is 2.42. The molecule has 0 heterocycles. The summed E-state index contributed by atoms with van der Waals surface area (Å²) in [5, 5.41) is 0. The van der Waals surface area contributed by atoms with Gasteiger partial charge in [0, 0.05) is 12.0 Å². The third-order valence-electron chi connectivity index (χ3n) is 2.69. The molecule has 0 aliphatic carbocycles. The molecule has 3 nitrogen and oxygen atoms in total. The maximum absolute atomic E-state index is 5.40. The minimum absolute atomic E-state index is 0.217. The quantitative estimate of drug-likeness (QED) is 0.733. The standard InChI is InChI=1S/C14H18O3/c1-6-7-10(2)11-8-9-12(15-3)14(17-5)13(11)16-4/h1,8-10H,7H2,2-5H3. The number of benzene rings is 1. The zero-order chi connectivity index (χ0) is 12.8. The van der Waals surface area contributed by atoms with Gasteiger partial charge in [0.1, 0.15) is 0 Å². The number of rotatable bonds is 5. The van der Waals surface area contributed by atoms with E-state index in [2.05, 4.69) is 12.8 Å². The molecular formula is C14H18O3. The Kier molecular flexibility index (Phi) is 4.71. The molecule has 0 aromatic heterocycles. The molecule has 1 atom stereocenters. The highest BCUT2D eigenvalue weighted by Gasteiger charge is 2.18. The van der Waals surface area contributed by atoms with Crippen molar-refractivity contribution in [1.82, 2.24) is 0 Å². The number of hydrogen-bond acceptors (Lipinski definition) is 3. The van der Waals surface area contributed by atoms with E-state index in [0.29, 0.717) is 23.7 Å². The van der Waals surface area contributed by atoms with Crippen LogP contribution in [0.25, 0.3) is 0 Å². The zero-order valence-electron chi connectivity index (χ0n) is 10.7. The van der Waals surface area contributed by atoms with Crippen LogP contribution in [0.5, 0.6) is 17.2 Å². The number of methoxy groups -OCH3 is 3. The van der Waals surface area contributed by atoms with Gasteiger partial charge in [0.05, 0.1) is 21.3 Å². The van der Waals surface area contributed by atoms with Crippen LogP contribution in [0.15, 0.2) is 12.1 Å². The predicted octanol–water partition coefficient (Wildman–Crippen LogP) is 2.84. The predicted molar refractivity (Wildman–Crippen MR) is 68.0 cm³/mol. The number of terminal acetylenes is 1. The molecule has 0 fully saturated rings. The van der Waals surface area contributed by atoms with Crippen LogP contribution in [0.1, 0.15) is 24.8 Å². The van der Waals surface area contributed by atoms with Crippen molar-refractivity contribution >= 4 is 0 Å². The van der Waals surface area contributed by atoms with E-state index in [4.69, 9.17) is 20.6 Å². The Balaban J connectivity index is 3.28. The minimum Gasteiger partial charge on any atom is -0.493 e. The minimum atomic E-state index is 0.217. The molecule has 1 unspecified atom stereocenters. The summed E-state index contributed by atoms with van der Waals surface area (Å²) >= 11 is 0. The first-order valence-corrected chi connectivity index (χ1v) is 5.41. The van der Waals surface area contributed by atoms with Gasteiger partial charge in [-0.1, -0.05) is 13.0 Å². The molecule has 1 aromatic rings. The highest BCUT2D eigenvalue weighted by atomic mass is 16.5. The fourth-order valence-electron chi connectivity index (χ4n) is 1.80. The van der Waals surface area contributed by atoms with Crippen molar-refractivity contribution in [3.8, 4) is 29.6 Å². The second-order valence-corrected chi connectivity index (χ2v) is 3.73. The molecule has 0 saturated heterocycles. The zero-order valence-corrected chi connectivity index (χ0v) is 10.7. The SMILES string of the molecule is C#CCC(C)c1ccc(OC)c(OC)c1OC. The molecule has 0 amide bonds. The van der Waals surface area contributed by atoms with Gasteiger partial charge in [0.2, 0.25) is 5.75 Å². The molecule has 92 valence electrons. The van der Waals surface area contributed by atoms with Crippen LogP contribution in [0, 0.1) is 12.3 Å². The van der Waals surface area contributed by atoms with E-state index >= 15 is 0 Å². The van der Waals surface area contributed by atoms with E-state index in [1.165, 1.54) is 0 Å². The molecule has 0 aliphatic rings. The van der Waals surface area contributed by atoms with Crippen molar-refractivity contribution in [2.24, 2.45) is 0 Å². The van der Waals surface area contributed by atoms with Gasteiger partial charge >= 0.3 is 0 Å². The summed E-state index contributed by atoms with van der Waals surface area (Å²) in [4.78, 5) is 0. The first-order valence-electron chi connectivity index (χ1n) is 5.41. The van der Waals surface area contributed by atoms with Gasteiger partial charge in [-0.3, -0.25) is 0 Å². The molecular weight excluding hydrogens is 216 g/mol. The van der Waals surface area contributed by atoms with E-state index in [1.807, 2.05) is 12.1 Å². The van der Waals surface area contributed by atoms with E-state index in [0.717, 1.165) is 5.56 Å². The molecule has 1 aromatic carbocycles. The van der Waals surface area contributed by atoms with Crippen molar-refractivity contribution in [2.75, 3.05) is 21.3 Å². The molecule has 17 heavy (non-hydrogen) atoms. The van der Waals surface area contributed by atoms with Crippen molar-refractivity contribution < 1.29 is 14.2 Å². The Morgan fingerprint density at radius 1 is 1.12 bits per heavy atom. The van der Waals surface area contributed by atoms with Crippen LogP contribution in [0.3, 0.4) is 0 Å². The Morgan fingerprint density at radius 3 is 2.24 bits per heavy atom. The van der Waals surface area contributed by atoms with Crippen molar-refractivity contribution in [2.45, 2.75) is 19.3 Å². The topological polar surface area (TPSA) is 27.7 Å². The van der Waals surface area contributed by atoms with Crippen molar-refractivity contribution in [3.05, 3.63) is 17.7 Å². The van der Waals surface area contributed by atoms with Gasteiger partial charge in [-0.05, 0) is 12.0 Å². The Morgan fingerprint density at radius 2 is 1.76 bits per heavy atom. The molecule has 3 heteroatoms. The van der Waals surface area contributed by atoms with Gasteiger partial charge in [0.15, 0.2) is 11.5 Å². The molecule has 0 N–H and O–H groups in total. The average molecular weight is 234 g/mol. The average Bonchev–Trinajstić information content (AvgIpc) is 2.36. The first-order chi connectivity index (χ1) is 8.19. The summed E-state index contributed by atoms with van der Waals surface area (Å²) in [6.45, 7) is 2.06. The molecule has 0 radical (unpaired) electrons. The Labute approximate surface area is 103 Å². The van der Waals surface area contributed by atoms with Crippen LogP contribution in [-0.2, 0) is 0 Å². The Bertz CT molecular complexity index is 418. The monoisotopic (exact) mass is 234 g/mol. The van der Waals surface area contributed by atoms with Crippen LogP contribution in [0.2, 0.25) is 0 Å². The lowest BCUT2D eigenvalue weighted by Crippen LogP contribution is -2.01. The van der Waals surface area contributed by atoms with E-state index in [9.17, 15) is 0 Å². The number of hydrogen-bond donors (Lipinski definition) is 0. The third-order valence-corrected chi connectivity index (χ3v) is 2.69. The fraction of sp³-hybridized carbons (Fsp3) is 0.429. The largest absolute Gasteiger partial charge is 0.493 e. The van der Waals surface area contributed by atoms with E-state index in [1.54, 1.807) is 21.3 Å².